The maximum atomic E-state index is 12.2. The van der Waals surface area contributed by atoms with Gasteiger partial charge < -0.3 is 15.0 Å². The van der Waals surface area contributed by atoms with Crippen molar-refractivity contribution >= 4 is 33.3 Å². The molecule has 1 amide bonds. The van der Waals surface area contributed by atoms with E-state index in [0.29, 0.717) is 18.1 Å². The standard InChI is InChI=1S/C20H21BrN4O2/c1-24(2)17-8-6-15(7-9-17)13-25-19(10-11-22-25)23-20(26)14-27-18-5-3-4-16(21)12-18/h3-12H,13-14H2,1-2H3,(H,23,26). The van der Waals surface area contributed by atoms with Crippen LogP contribution in [0.25, 0.3) is 0 Å². The maximum absolute atomic E-state index is 12.2. The number of benzene rings is 2. The Labute approximate surface area is 166 Å². The van der Waals surface area contributed by atoms with Gasteiger partial charge in [-0.05, 0) is 35.9 Å². The summed E-state index contributed by atoms with van der Waals surface area (Å²) in [5, 5.41) is 7.14. The third-order valence-electron chi connectivity index (χ3n) is 3.94. The van der Waals surface area contributed by atoms with Gasteiger partial charge in [-0.3, -0.25) is 4.79 Å². The van der Waals surface area contributed by atoms with E-state index in [9.17, 15) is 4.79 Å². The number of carbonyl (C=O) groups is 1. The van der Waals surface area contributed by atoms with E-state index in [-0.39, 0.29) is 12.5 Å². The van der Waals surface area contributed by atoms with Crippen LogP contribution in [0.15, 0.2) is 65.3 Å². The van der Waals surface area contributed by atoms with Gasteiger partial charge in [0.15, 0.2) is 6.61 Å². The number of nitrogens with one attached hydrogen (secondary N) is 1. The molecular formula is C20H21BrN4O2. The Morgan fingerprint density at radius 1 is 1.19 bits per heavy atom. The van der Waals surface area contributed by atoms with Gasteiger partial charge in [0, 0.05) is 30.3 Å². The second-order valence-electron chi connectivity index (χ2n) is 6.23. The van der Waals surface area contributed by atoms with Crippen molar-refractivity contribution in [3.8, 4) is 5.75 Å². The molecule has 140 valence electrons. The highest BCUT2D eigenvalue weighted by Crippen LogP contribution is 2.18. The third kappa shape index (κ3) is 5.34. The van der Waals surface area contributed by atoms with Gasteiger partial charge in [0.1, 0.15) is 11.6 Å². The maximum Gasteiger partial charge on any atom is 0.263 e. The summed E-state index contributed by atoms with van der Waals surface area (Å²) in [6, 6.07) is 17.4. The first-order valence-corrected chi connectivity index (χ1v) is 9.27. The van der Waals surface area contributed by atoms with Crippen molar-refractivity contribution in [2.24, 2.45) is 0 Å². The Balaban J connectivity index is 1.58. The Hall–Kier alpha value is -2.80. The van der Waals surface area contributed by atoms with Crippen molar-refractivity contribution in [1.29, 1.82) is 0 Å². The lowest BCUT2D eigenvalue weighted by atomic mass is 10.2. The Kier molecular flexibility index (Phi) is 6.13. The first kappa shape index (κ1) is 19.0. The summed E-state index contributed by atoms with van der Waals surface area (Å²) in [7, 11) is 4.01. The Morgan fingerprint density at radius 3 is 2.67 bits per heavy atom. The summed E-state index contributed by atoms with van der Waals surface area (Å²) in [6.45, 7) is 0.502. The second-order valence-corrected chi connectivity index (χ2v) is 7.14. The minimum Gasteiger partial charge on any atom is -0.484 e. The minimum atomic E-state index is -0.236. The van der Waals surface area contributed by atoms with E-state index in [0.717, 1.165) is 15.7 Å². The van der Waals surface area contributed by atoms with Crippen molar-refractivity contribution in [2.45, 2.75) is 6.54 Å². The molecular weight excluding hydrogens is 408 g/mol. The van der Waals surface area contributed by atoms with Crippen LogP contribution in [0.3, 0.4) is 0 Å². The van der Waals surface area contributed by atoms with Crippen LogP contribution in [-0.4, -0.2) is 36.4 Å². The molecule has 3 rings (SSSR count). The number of nitrogens with zero attached hydrogens (tertiary/aromatic N) is 3. The Morgan fingerprint density at radius 2 is 1.96 bits per heavy atom. The molecule has 1 heterocycles. The highest BCUT2D eigenvalue weighted by atomic mass is 79.9. The van der Waals surface area contributed by atoms with E-state index in [1.165, 1.54) is 0 Å². The molecule has 0 aliphatic carbocycles. The molecule has 0 saturated heterocycles. The summed E-state index contributed by atoms with van der Waals surface area (Å²) in [5.74, 6) is 1.03. The lowest BCUT2D eigenvalue weighted by Crippen LogP contribution is -2.22. The van der Waals surface area contributed by atoms with E-state index < -0.39 is 0 Å². The van der Waals surface area contributed by atoms with Crippen molar-refractivity contribution in [2.75, 3.05) is 30.9 Å². The molecule has 1 N–H and O–H groups in total. The van der Waals surface area contributed by atoms with Gasteiger partial charge in [-0.25, -0.2) is 4.68 Å². The molecule has 27 heavy (non-hydrogen) atoms. The zero-order valence-electron chi connectivity index (χ0n) is 15.2. The number of hydrogen-bond acceptors (Lipinski definition) is 4. The predicted octanol–water partition coefficient (Wildman–Crippen LogP) is 3.78. The number of halogens is 1. The lowest BCUT2D eigenvalue weighted by Gasteiger charge is -2.13. The summed E-state index contributed by atoms with van der Waals surface area (Å²) < 4.78 is 8.17. The SMILES string of the molecule is CN(C)c1ccc(Cn2nccc2NC(=O)COc2cccc(Br)c2)cc1. The van der Waals surface area contributed by atoms with E-state index in [4.69, 9.17) is 4.74 Å². The largest absolute Gasteiger partial charge is 0.484 e. The quantitative estimate of drug-likeness (QED) is 0.621. The van der Waals surface area contributed by atoms with E-state index >= 15 is 0 Å². The molecule has 0 spiro atoms. The number of hydrogen-bond donors (Lipinski definition) is 1. The highest BCUT2D eigenvalue weighted by molar-refractivity contribution is 9.10. The molecule has 2 aromatic carbocycles. The average Bonchev–Trinajstić information content (AvgIpc) is 3.07. The van der Waals surface area contributed by atoms with Gasteiger partial charge in [0.25, 0.3) is 5.91 Å². The first-order chi connectivity index (χ1) is 13.0. The van der Waals surface area contributed by atoms with E-state index in [2.05, 4.69) is 55.5 Å². The van der Waals surface area contributed by atoms with E-state index in [1.54, 1.807) is 23.0 Å². The van der Waals surface area contributed by atoms with Crippen LogP contribution < -0.4 is 15.0 Å². The number of ether oxygens (including phenoxy) is 1. The van der Waals surface area contributed by atoms with Gasteiger partial charge in [0.2, 0.25) is 0 Å². The zero-order valence-corrected chi connectivity index (χ0v) is 16.8. The van der Waals surface area contributed by atoms with Crippen LogP contribution in [0.4, 0.5) is 11.5 Å². The van der Waals surface area contributed by atoms with Crippen LogP contribution in [0.5, 0.6) is 5.75 Å². The van der Waals surface area contributed by atoms with Crippen molar-refractivity contribution < 1.29 is 9.53 Å². The second kappa shape index (κ2) is 8.73. The summed E-state index contributed by atoms with van der Waals surface area (Å²) in [6.07, 6.45) is 1.67. The first-order valence-electron chi connectivity index (χ1n) is 8.47. The summed E-state index contributed by atoms with van der Waals surface area (Å²) in [4.78, 5) is 14.2. The molecule has 3 aromatic rings. The zero-order chi connectivity index (χ0) is 19.2. The van der Waals surface area contributed by atoms with Gasteiger partial charge in [0.05, 0.1) is 12.7 Å². The van der Waals surface area contributed by atoms with Crippen LogP contribution in [0.1, 0.15) is 5.56 Å². The molecule has 6 nitrogen and oxygen atoms in total. The van der Waals surface area contributed by atoms with Gasteiger partial charge in [-0.15, -0.1) is 0 Å². The monoisotopic (exact) mass is 428 g/mol. The van der Waals surface area contributed by atoms with Crippen LogP contribution >= 0.6 is 15.9 Å². The minimum absolute atomic E-state index is 0.0703. The number of aromatic nitrogens is 2. The van der Waals surface area contributed by atoms with Crippen LogP contribution in [0, 0.1) is 0 Å². The van der Waals surface area contributed by atoms with Crippen molar-refractivity contribution in [1.82, 2.24) is 9.78 Å². The number of carbonyl (C=O) groups excluding carboxylic acids is 1. The highest BCUT2D eigenvalue weighted by Gasteiger charge is 2.09. The fourth-order valence-electron chi connectivity index (χ4n) is 2.52. The molecule has 0 saturated carbocycles. The molecule has 0 bridgehead atoms. The smallest absolute Gasteiger partial charge is 0.263 e. The molecule has 0 fully saturated rings. The molecule has 0 unspecified atom stereocenters. The van der Waals surface area contributed by atoms with Gasteiger partial charge in [-0.1, -0.05) is 34.1 Å². The summed E-state index contributed by atoms with van der Waals surface area (Å²) >= 11 is 3.38. The normalized spacial score (nSPS) is 10.5. The third-order valence-corrected chi connectivity index (χ3v) is 4.43. The molecule has 0 atom stereocenters. The van der Waals surface area contributed by atoms with Crippen LogP contribution in [-0.2, 0) is 11.3 Å². The fourth-order valence-corrected chi connectivity index (χ4v) is 2.90. The van der Waals surface area contributed by atoms with Gasteiger partial charge >= 0.3 is 0 Å². The van der Waals surface area contributed by atoms with Crippen molar-refractivity contribution in [3.05, 3.63) is 70.8 Å². The molecule has 7 heteroatoms. The topological polar surface area (TPSA) is 59.4 Å². The molecule has 0 radical (unpaired) electrons. The Bertz CT molecular complexity index is 906. The molecule has 1 aromatic heterocycles. The number of amides is 1. The predicted molar refractivity (Wildman–Crippen MR) is 110 cm³/mol. The van der Waals surface area contributed by atoms with Crippen LogP contribution in [0.2, 0.25) is 0 Å². The van der Waals surface area contributed by atoms with E-state index in [1.807, 2.05) is 32.3 Å². The average molecular weight is 429 g/mol. The summed E-state index contributed by atoms with van der Waals surface area (Å²) in [5.41, 5.74) is 2.24. The molecule has 0 aliphatic rings. The lowest BCUT2D eigenvalue weighted by molar-refractivity contribution is -0.118. The number of rotatable bonds is 7. The number of anilines is 2. The van der Waals surface area contributed by atoms with Gasteiger partial charge in [-0.2, -0.15) is 5.10 Å². The van der Waals surface area contributed by atoms with Crippen molar-refractivity contribution in [3.63, 3.8) is 0 Å². The molecule has 0 aliphatic heterocycles. The fraction of sp³-hybridized carbons (Fsp3) is 0.200.